The van der Waals surface area contributed by atoms with Gasteiger partial charge in [0.25, 0.3) is 0 Å². The minimum Gasteiger partial charge on any atom is -0.479 e. The third-order valence-electron chi connectivity index (χ3n) is 2.76. The van der Waals surface area contributed by atoms with Crippen molar-refractivity contribution in [2.45, 2.75) is 19.1 Å². The lowest BCUT2D eigenvalue weighted by Crippen LogP contribution is -2.28. The van der Waals surface area contributed by atoms with E-state index in [0.717, 1.165) is 0 Å². The van der Waals surface area contributed by atoms with Crippen molar-refractivity contribution in [3.63, 3.8) is 0 Å². The van der Waals surface area contributed by atoms with Gasteiger partial charge in [0.15, 0.2) is 11.2 Å². The number of rotatable bonds is 4. The fraction of sp³-hybridized carbons (Fsp3) is 0.615. The first-order valence-corrected chi connectivity index (χ1v) is 6.62. The Bertz CT molecular complexity index is 575. The van der Waals surface area contributed by atoms with Crippen LogP contribution in [-0.4, -0.2) is 69.9 Å². The van der Waals surface area contributed by atoms with Crippen LogP contribution in [0.4, 0.5) is 10.3 Å². The van der Waals surface area contributed by atoms with Crippen molar-refractivity contribution in [1.29, 1.82) is 0 Å². The van der Waals surface area contributed by atoms with E-state index in [9.17, 15) is 4.39 Å². The monoisotopic (exact) mass is 333 g/mol. The Morgan fingerprint density at radius 2 is 1.96 bits per heavy atom. The van der Waals surface area contributed by atoms with Crippen LogP contribution in [0.15, 0.2) is 6.33 Å². The summed E-state index contributed by atoms with van der Waals surface area (Å²) in [5, 5.41) is 17.1. The van der Waals surface area contributed by atoms with Gasteiger partial charge >= 0.3 is 0 Å². The smallest absolute Gasteiger partial charge is 0.246 e. The summed E-state index contributed by atoms with van der Waals surface area (Å²) in [6, 6.07) is 0. The molecule has 0 fully saturated rings. The van der Waals surface area contributed by atoms with Crippen LogP contribution in [0.1, 0.15) is 6.92 Å². The first-order chi connectivity index (χ1) is 10.9. The number of aliphatic hydroxyl groups excluding tert-OH is 2. The van der Waals surface area contributed by atoms with E-state index in [4.69, 9.17) is 20.7 Å². The van der Waals surface area contributed by atoms with Gasteiger partial charge in [-0.2, -0.15) is 9.97 Å². The molecular formula is C13H24FN5O4. The number of anilines is 1. The van der Waals surface area contributed by atoms with Crippen LogP contribution >= 0.6 is 0 Å². The molecule has 0 bridgehead atoms. The number of methoxy groups -OCH3 is 2. The highest BCUT2D eigenvalue weighted by Gasteiger charge is 2.11. The minimum absolute atomic E-state index is 0.131. The van der Waals surface area contributed by atoms with Gasteiger partial charge < -0.3 is 30.0 Å². The van der Waals surface area contributed by atoms with Gasteiger partial charge in [-0.15, -0.1) is 0 Å². The molecule has 0 aliphatic carbocycles. The molecule has 2 aromatic rings. The zero-order valence-electron chi connectivity index (χ0n) is 13.9. The number of aliphatic hydroxyl groups is 2. The number of fused-ring (bicyclic) bond motifs is 1. The predicted molar refractivity (Wildman–Crippen MR) is 83.9 cm³/mol. The normalized spacial score (nSPS) is 12.5. The molecule has 1 unspecified atom stereocenters. The standard InChI is InChI=1S/C7H9N5O.C5H12O3.CH3F/c1-12-3-9-4-5(12)10-7(8)11-6(4)13-2;1-4(7)5(3-6)8-2;1-2/h3H,1-2H3,(H2,8,10,11);4-7H,3H2,1-2H3;1H3/t;4-,5?;/m.0./s1. The first kappa shape index (κ1) is 21.0. The van der Waals surface area contributed by atoms with E-state index < -0.39 is 12.2 Å². The number of imidazole rings is 1. The fourth-order valence-electron chi connectivity index (χ4n) is 1.56. The molecule has 0 saturated carbocycles. The highest BCUT2D eigenvalue weighted by molar-refractivity contribution is 5.77. The third kappa shape index (κ3) is 5.93. The lowest BCUT2D eigenvalue weighted by atomic mass is 10.2. The second kappa shape index (κ2) is 10.6. The van der Waals surface area contributed by atoms with E-state index in [0.29, 0.717) is 24.2 Å². The maximum Gasteiger partial charge on any atom is 0.246 e. The van der Waals surface area contributed by atoms with Crippen molar-refractivity contribution in [2.24, 2.45) is 7.05 Å². The van der Waals surface area contributed by atoms with Crippen molar-refractivity contribution in [3.05, 3.63) is 6.33 Å². The van der Waals surface area contributed by atoms with Gasteiger partial charge in [-0.3, -0.25) is 4.39 Å². The Hall–Kier alpha value is -2.04. The number of hydrogen-bond acceptors (Lipinski definition) is 8. The van der Waals surface area contributed by atoms with Gasteiger partial charge in [-0.25, -0.2) is 4.98 Å². The van der Waals surface area contributed by atoms with Crippen molar-refractivity contribution >= 4 is 17.1 Å². The van der Waals surface area contributed by atoms with Crippen LogP contribution in [0.3, 0.4) is 0 Å². The van der Waals surface area contributed by atoms with Gasteiger partial charge in [-0.1, -0.05) is 0 Å². The summed E-state index contributed by atoms with van der Waals surface area (Å²) < 4.78 is 20.9. The number of aromatic nitrogens is 4. The van der Waals surface area contributed by atoms with E-state index in [1.54, 1.807) is 17.8 Å². The fourth-order valence-corrected chi connectivity index (χ4v) is 1.56. The SMILES string of the molecule is CF.COC(CO)[C@H](C)O.COc1nc(N)nc2c1ncn2C. The molecule has 9 nitrogen and oxygen atoms in total. The largest absolute Gasteiger partial charge is 0.479 e. The van der Waals surface area contributed by atoms with E-state index >= 15 is 0 Å². The number of alkyl halides is 1. The highest BCUT2D eigenvalue weighted by Crippen LogP contribution is 2.20. The lowest BCUT2D eigenvalue weighted by molar-refractivity contribution is -0.0326. The van der Waals surface area contributed by atoms with Crippen LogP contribution < -0.4 is 10.5 Å². The zero-order chi connectivity index (χ0) is 18.0. The molecule has 132 valence electrons. The molecule has 10 heteroatoms. The van der Waals surface area contributed by atoms with Gasteiger partial charge in [0.2, 0.25) is 11.8 Å². The van der Waals surface area contributed by atoms with Crippen LogP contribution in [0, 0.1) is 0 Å². The summed E-state index contributed by atoms with van der Waals surface area (Å²) in [6.07, 6.45) is 0.612. The van der Waals surface area contributed by atoms with E-state index in [-0.39, 0.29) is 12.6 Å². The molecular weight excluding hydrogens is 309 g/mol. The predicted octanol–water partition coefficient (Wildman–Crippen LogP) is -0.0857. The molecule has 0 saturated heterocycles. The highest BCUT2D eigenvalue weighted by atomic mass is 19.1. The van der Waals surface area contributed by atoms with Gasteiger partial charge in [0.05, 0.1) is 33.3 Å². The zero-order valence-corrected chi connectivity index (χ0v) is 13.9. The van der Waals surface area contributed by atoms with Crippen LogP contribution in [0.2, 0.25) is 0 Å². The van der Waals surface area contributed by atoms with Gasteiger partial charge in [0.1, 0.15) is 6.10 Å². The molecule has 0 aliphatic heterocycles. The summed E-state index contributed by atoms with van der Waals surface area (Å²) >= 11 is 0. The van der Waals surface area contributed by atoms with Gasteiger partial charge in [-0.05, 0) is 6.92 Å². The number of nitrogen functional groups attached to an aromatic ring is 1. The summed E-state index contributed by atoms with van der Waals surface area (Å²) in [4.78, 5) is 12.0. The summed E-state index contributed by atoms with van der Waals surface area (Å²) in [7, 11) is 5.31. The summed E-state index contributed by atoms with van der Waals surface area (Å²) in [6.45, 7) is 1.44. The maximum atomic E-state index is 9.50. The van der Waals surface area contributed by atoms with Crippen LogP contribution in [-0.2, 0) is 11.8 Å². The Kier molecular flexibility index (Phi) is 9.70. The number of halogens is 1. The molecule has 2 rings (SSSR count). The second-order valence-corrected chi connectivity index (χ2v) is 4.32. The summed E-state index contributed by atoms with van der Waals surface area (Å²) in [5.74, 6) is 0.594. The van der Waals surface area contributed by atoms with Crippen LogP contribution in [0.5, 0.6) is 5.88 Å². The molecule has 2 heterocycles. The van der Waals surface area contributed by atoms with E-state index in [1.807, 2.05) is 7.05 Å². The average molecular weight is 333 g/mol. The Morgan fingerprint density at radius 3 is 2.35 bits per heavy atom. The molecule has 0 aliphatic rings. The number of ether oxygens (including phenoxy) is 2. The number of nitrogens with two attached hydrogens (primary N) is 1. The molecule has 0 spiro atoms. The topological polar surface area (TPSA) is 129 Å². The molecule has 2 atom stereocenters. The number of nitrogens with zero attached hydrogens (tertiary/aromatic N) is 4. The average Bonchev–Trinajstić information content (AvgIpc) is 2.91. The number of aryl methyl sites for hydroxylation is 1. The first-order valence-electron chi connectivity index (χ1n) is 6.62. The minimum atomic E-state index is -0.593. The van der Waals surface area contributed by atoms with E-state index in [1.165, 1.54) is 14.2 Å². The van der Waals surface area contributed by atoms with Crippen LogP contribution in [0.25, 0.3) is 11.2 Å². The molecule has 2 aromatic heterocycles. The Morgan fingerprint density at radius 1 is 1.35 bits per heavy atom. The maximum absolute atomic E-state index is 9.50. The molecule has 4 N–H and O–H groups in total. The Labute approximate surface area is 133 Å². The quantitative estimate of drug-likeness (QED) is 0.708. The molecule has 0 aromatic carbocycles. The van der Waals surface area contributed by atoms with E-state index in [2.05, 4.69) is 19.7 Å². The number of hydrogen-bond donors (Lipinski definition) is 3. The van der Waals surface area contributed by atoms with Crippen molar-refractivity contribution in [2.75, 3.05) is 33.7 Å². The van der Waals surface area contributed by atoms with Crippen molar-refractivity contribution < 1.29 is 24.1 Å². The van der Waals surface area contributed by atoms with Gasteiger partial charge in [0, 0.05) is 14.2 Å². The lowest BCUT2D eigenvalue weighted by Gasteiger charge is -2.13. The Balaban J connectivity index is 0.000000421. The second-order valence-electron chi connectivity index (χ2n) is 4.32. The molecule has 0 radical (unpaired) electrons. The molecule has 23 heavy (non-hydrogen) atoms. The third-order valence-corrected chi connectivity index (χ3v) is 2.76. The van der Waals surface area contributed by atoms with Crippen molar-refractivity contribution in [3.8, 4) is 5.88 Å². The summed E-state index contributed by atoms with van der Waals surface area (Å²) in [5.41, 5.74) is 6.78. The van der Waals surface area contributed by atoms with Crippen molar-refractivity contribution in [1.82, 2.24) is 19.5 Å². The molecule has 0 amide bonds.